The molecule has 0 aliphatic rings. The molecule has 0 aromatic heterocycles. The van der Waals surface area contributed by atoms with Crippen LogP contribution in [0.4, 0.5) is 21.9 Å². The van der Waals surface area contributed by atoms with Crippen molar-refractivity contribution in [2.45, 2.75) is 13.8 Å². The van der Waals surface area contributed by atoms with E-state index in [1.54, 1.807) is 50.2 Å². The number of ether oxygens (including phenoxy) is 4. The summed E-state index contributed by atoms with van der Waals surface area (Å²) in [5.41, 5.74) is 1.85. The average Bonchev–Trinajstić information content (AvgIpc) is 2.93. The van der Waals surface area contributed by atoms with Gasteiger partial charge in [-0.1, -0.05) is 0 Å². The van der Waals surface area contributed by atoms with Gasteiger partial charge in [0, 0.05) is 29.1 Å². The molecule has 0 heterocycles. The third-order valence-corrected chi connectivity index (χ3v) is 5.33. The molecule has 3 rings (SSSR count). The van der Waals surface area contributed by atoms with E-state index >= 15 is 0 Å². The summed E-state index contributed by atoms with van der Waals surface area (Å²) in [6.45, 7) is 3.82. The van der Waals surface area contributed by atoms with E-state index in [0.29, 0.717) is 28.4 Å². The van der Waals surface area contributed by atoms with Crippen LogP contribution in [0.3, 0.4) is 0 Å². The number of esters is 2. The first-order valence-electron chi connectivity index (χ1n) is 12.0. The number of hydrogen-bond donors (Lipinski definition) is 3. The fourth-order valence-corrected chi connectivity index (χ4v) is 3.46. The molecule has 3 aromatic rings. The number of nitrogens with one attached hydrogen (secondary N) is 3. The summed E-state index contributed by atoms with van der Waals surface area (Å²) in [6.07, 6.45) is 0. The minimum Gasteiger partial charge on any atom is -0.493 e. The summed E-state index contributed by atoms with van der Waals surface area (Å²) in [5, 5.41) is 8.02. The monoisotopic (exact) mass is 535 g/mol. The number of urea groups is 1. The largest absolute Gasteiger partial charge is 0.493 e. The zero-order valence-electron chi connectivity index (χ0n) is 22.0. The highest BCUT2D eigenvalue weighted by Crippen LogP contribution is 2.34. The second-order valence-corrected chi connectivity index (χ2v) is 7.88. The van der Waals surface area contributed by atoms with Gasteiger partial charge in [0.25, 0.3) is 5.91 Å². The van der Waals surface area contributed by atoms with Crippen LogP contribution in [0, 0.1) is 0 Å². The highest BCUT2D eigenvalue weighted by atomic mass is 16.5. The molecule has 3 amide bonds. The Bertz CT molecular complexity index is 1340. The molecule has 3 N–H and O–H groups in total. The number of hydrogen-bond acceptors (Lipinski definition) is 8. The van der Waals surface area contributed by atoms with E-state index in [-0.39, 0.29) is 30.0 Å². The van der Waals surface area contributed by atoms with Gasteiger partial charge in [0.2, 0.25) is 0 Å². The molecule has 3 aromatic carbocycles. The van der Waals surface area contributed by atoms with Crippen molar-refractivity contribution in [3.8, 4) is 11.5 Å². The van der Waals surface area contributed by atoms with E-state index in [4.69, 9.17) is 18.9 Å². The minimum atomic E-state index is -0.630. The average molecular weight is 536 g/mol. The number of rotatable bonds is 10. The van der Waals surface area contributed by atoms with E-state index in [1.807, 2.05) is 0 Å². The molecule has 0 radical (unpaired) electrons. The van der Waals surface area contributed by atoms with Gasteiger partial charge in [-0.3, -0.25) is 4.79 Å². The molecule has 0 aliphatic carbocycles. The number of anilines is 3. The SMILES string of the molecule is CCOC(=O)c1ccc(NC(=O)Nc2ccc(C(=O)Nc3cc(OC)c(OC)cc3C(=O)OCC)cc2)cc1. The third-order valence-electron chi connectivity index (χ3n) is 5.33. The smallest absolute Gasteiger partial charge is 0.340 e. The number of carbonyl (C=O) groups excluding carboxylic acids is 4. The van der Waals surface area contributed by atoms with Crippen LogP contribution in [0.1, 0.15) is 44.9 Å². The summed E-state index contributed by atoms with van der Waals surface area (Å²) in [6, 6.07) is 14.8. The molecular formula is C28H29N3O8. The number of methoxy groups -OCH3 is 2. The van der Waals surface area contributed by atoms with Crippen LogP contribution in [0.15, 0.2) is 60.7 Å². The third kappa shape index (κ3) is 7.48. The molecule has 0 bridgehead atoms. The molecule has 0 spiro atoms. The van der Waals surface area contributed by atoms with Crippen LogP contribution in [0.5, 0.6) is 11.5 Å². The lowest BCUT2D eigenvalue weighted by molar-refractivity contribution is 0.0517. The lowest BCUT2D eigenvalue weighted by atomic mass is 10.1. The van der Waals surface area contributed by atoms with Crippen LogP contribution in [-0.4, -0.2) is 51.3 Å². The van der Waals surface area contributed by atoms with E-state index in [1.165, 1.54) is 38.5 Å². The molecule has 0 aliphatic heterocycles. The summed E-state index contributed by atoms with van der Waals surface area (Å²) in [4.78, 5) is 49.5. The van der Waals surface area contributed by atoms with Gasteiger partial charge in [-0.25, -0.2) is 14.4 Å². The Morgan fingerprint density at radius 3 is 1.64 bits per heavy atom. The minimum absolute atomic E-state index is 0.105. The van der Waals surface area contributed by atoms with Gasteiger partial charge in [-0.2, -0.15) is 0 Å². The van der Waals surface area contributed by atoms with Gasteiger partial charge in [0.05, 0.1) is 44.2 Å². The van der Waals surface area contributed by atoms with Crippen molar-refractivity contribution in [3.05, 3.63) is 77.4 Å². The van der Waals surface area contributed by atoms with Crippen LogP contribution in [-0.2, 0) is 9.47 Å². The molecule has 0 saturated heterocycles. The van der Waals surface area contributed by atoms with Crippen LogP contribution < -0.4 is 25.4 Å². The maximum Gasteiger partial charge on any atom is 0.340 e. The quantitative estimate of drug-likeness (QED) is 0.310. The van der Waals surface area contributed by atoms with Crippen molar-refractivity contribution in [1.29, 1.82) is 0 Å². The van der Waals surface area contributed by atoms with E-state index in [0.717, 1.165) is 0 Å². The van der Waals surface area contributed by atoms with Gasteiger partial charge in [0.1, 0.15) is 0 Å². The van der Waals surface area contributed by atoms with Crippen molar-refractivity contribution >= 4 is 40.9 Å². The molecule has 0 fully saturated rings. The maximum absolute atomic E-state index is 12.9. The second kappa shape index (κ2) is 13.5. The van der Waals surface area contributed by atoms with Crippen LogP contribution in [0.2, 0.25) is 0 Å². The topological polar surface area (TPSA) is 141 Å². The second-order valence-electron chi connectivity index (χ2n) is 7.88. The predicted octanol–water partition coefficient (Wildman–Crippen LogP) is 4.95. The zero-order chi connectivity index (χ0) is 28.4. The Kier molecular flexibility index (Phi) is 9.85. The highest BCUT2D eigenvalue weighted by Gasteiger charge is 2.20. The Labute approximate surface area is 225 Å². The molecule has 0 atom stereocenters. The fourth-order valence-electron chi connectivity index (χ4n) is 3.46. The van der Waals surface area contributed by atoms with Crippen molar-refractivity contribution in [3.63, 3.8) is 0 Å². The van der Waals surface area contributed by atoms with Crippen molar-refractivity contribution < 1.29 is 38.1 Å². The van der Waals surface area contributed by atoms with Crippen molar-refractivity contribution in [2.75, 3.05) is 43.4 Å². The summed E-state index contributed by atoms with van der Waals surface area (Å²) >= 11 is 0. The maximum atomic E-state index is 12.9. The number of amides is 3. The molecule has 0 saturated carbocycles. The Hall–Kier alpha value is -5.06. The first-order valence-corrected chi connectivity index (χ1v) is 12.0. The molecule has 11 heteroatoms. The fraction of sp³-hybridized carbons (Fsp3) is 0.214. The Morgan fingerprint density at radius 1 is 0.641 bits per heavy atom. The van der Waals surface area contributed by atoms with Crippen LogP contribution >= 0.6 is 0 Å². The number of carbonyl (C=O) groups is 4. The van der Waals surface area contributed by atoms with Gasteiger partial charge in [-0.05, 0) is 62.4 Å². The van der Waals surface area contributed by atoms with Gasteiger partial charge in [-0.15, -0.1) is 0 Å². The Balaban J connectivity index is 1.67. The summed E-state index contributed by atoms with van der Waals surface area (Å²) in [5.74, 6) is -0.940. The molecule has 11 nitrogen and oxygen atoms in total. The molecular weight excluding hydrogens is 506 g/mol. The summed E-state index contributed by atoms with van der Waals surface area (Å²) < 4.78 is 20.6. The van der Waals surface area contributed by atoms with Crippen molar-refractivity contribution in [1.82, 2.24) is 0 Å². The van der Waals surface area contributed by atoms with Gasteiger partial charge >= 0.3 is 18.0 Å². The first-order chi connectivity index (χ1) is 18.8. The summed E-state index contributed by atoms with van der Waals surface area (Å²) in [7, 11) is 2.87. The highest BCUT2D eigenvalue weighted by molar-refractivity contribution is 6.09. The van der Waals surface area contributed by atoms with E-state index < -0.39 is 23.9 Å². The zero-order valence-corrected chi connectivity index (χ0v) is 22.0. The lowest BCUT2D eigenvalue weighted by Crippen LogP contribution is -2.20. The standard InChI is InChI=1S/C28H29N3O8/c1-5-38-26(33)18-9-13-20(14-10-18)30-28(35)29-19-11-7-17(8-12-19)25(32)31-22-16-24(37-4)23(36-3)15-21(22)27(34)39-6-2/h7-16H,5-6H2,1-4H3,(H,31,32)(H2,29,30,35). The molecule has 39 heavy (non-hydrogen) atoms. The van der Waals surface area contributed by atoms with E-state index in [9.17, 15) is 19.2 Å². The Morgan fingerprint density at radius 2 is 1.13 bits per heavy atom. The molecule has 204 valence electrons. The molecule has 0 unspecified atom stereocenters. The predicted molar refractivity (Wildman–Crippen MR) is 145 cm³/mol. The number of benzene rings is 3. The van der Waals surface area contributed by atoms with Gasteiger partial charge in [0.15, 0.2) is 11.5 Å². The normalized spacial score (nSPS) is 10.2. The lowest BCUT2D eigenvalue weighted by Gasteiger charge is -2.15. The van der Waals surface area contributed by atoms with Crippen molar-refractivity contribution in [2.24, 2.45) is 0 Å². The van der Waals surface area contributed by atoms with Gasteiger partial charge < -0.3 is 34.9 Å². The van der Waals surface area contributed by atoms with E-state index in [2.05, 4.69) is 16.0 Å². The van der Waals surface area contributed by atoms with Crippen LogP contribution in [0.25, 0.3) is 0 Å². The first kappa shape index (κ1) is 28.5.